The molecular formula is C17H25N3O2. The predicted octanol–water partition coefficient (Wildman–Crippen LogP) is 1.98. The van der Waals surface area contributed by atoms with E-state index in [1.54, 1.807) is 11.1 Å². The summed E-state index contributed by atoms with van der Waals surface area (Å²) in [6.45, 7) is 6.97. The molecule has 1 aromatic heterocycles. The summed E-state index contributed by atoms with van der Waals surface area (Å²) in [5.74, 6) is 0.780. The molecule has 2 atom stereocenters. The Bertz CT molecular complexity index is 516. The molecule has 1 N–H and O–H groups in total. The molecule has 0 aromatic carbocycles. The third kappa shape index (κ3) is 4.55. The van der Waals surface area contributed by atoms with Crippen LogP contribution in [0.15, 0.2) is 24.4 Å². The molecule has 0 radical (unpaired) electrons. The van der Waals surface area contributed by atoms with Gasteiger partial charge in [0.25, 0.3) is 0 Å². The smallest absolute Gasteiger partial charge is 0.224 e. The van der Waals surface area contributed by atoms with Crippen LogP contribution in [0.1, 0.15) is 39.3 Å². The zero-order chi connectivity index (χ0) is 16.1. The molecule has 0 unspecified atom stereocenters. The van der Waals surface area contributed by atoms with Crippen LogP contribution in [0.4, 0.5) is 0 Å². The van der Waals surface area contributed by atoms with E-state index in [2.05, 4.69) is 17.2 Å². The minimum atomic E-state index is 0.0461. The summed E-state index contributed by atoms with van der Waals surface area (Å²) in [4.78, 5) is 30.2. The van der Waals surface area contributed by atoms with E-state index in [4.69, 9.17) is 0 Å². The van der Waals surface area contributed by atoms with Crippen LogP contribution in [0.5, 0.6) is 0 Å². The minimum absolute atomic E-state index is 0.0461. The number of pyridine rings is 1. The third-order valence-corrected chi connectivity index (χ3v) is 4.09. The van der Waals surface area contributed by atoms with E-state index in [0.29, 0.717) is 25.4 Å². The standard InChI is InChI=1S/C17H25N3O2/c1-12(2)20(11-14-6-4-5-8-18-14)16(21)7-9-19-17(22)15-10-13(15)3/h4-6,8,12-13,15H,7,9-11H2,1-3H3,(H,19,22)/t13-,15+/m1/s1. The fraction of sp³-hybridized carbons (Fsp3) is 0.588. The van der Waals surface area contributed by atoms with Crippen molar-refractivity contribution >= 4 is 11.8 Å². The predicted molar refractivity (Wildman–Crippen MR) is 84.8 cm³/mol. The van der Waals surface area contributed by atoms with E-state index in [9.17, 15) is 9.59 Å². The molecule has 0 saturated heterocycles. The molecule has 2 rings (SSSR count). The highest BCUT2D eigenvalue weighted by Crippen LogP contribution is 2.37. The molecule has 5 nitrogen and oxygen atoms in total. The van der Waals surface area contributed by atoms with Crippen molar-refractivity contribution in [3.63, 3.8) is 0 Å². The van der Waals surface area contributed by atoms with Gasteiger partial charge in [0, 0.05) is 31.1 Å². The van der Waals surface area contributed by atoms with E-state index in [1.165, 1.54) is 0 Å². The Morgan fingerprint density at radius 3 is 2.68 bits per heavy atom. The molecule has 1 saturated carbocycles. The van der Waals surface area contributed by atoms with Gasteiger partial charge < -0.3 is 10.2 Å². The molecule has 0 bridgehead atoms. The van der Waals surface area contributed by atoms with Crippen molar-refractivity contribution in [1.82, 2.24) is 15.2 Å². The van der Waals surface area contributed by atoms with Gasteiger partial charge in [0.1, 0.15) is 0 Å². The van der Waals surface area contributed by atoms with Gasteiger partial charge in [-0.05, 0) is 38.3 Å². The monoisotopic (exact) mass is 303 g/mol. The first-order chi connectivity index (χ1) is 10.5. The largest absolute Gasteiger partial charge is 0.355 e. The number of nitrogens with one attached hydrogen (secondary N) is 1. The van der Waals surface area contributed by atoms with E-state index in [0.717, 1.165) is 12.1 Å². The lowest BCUT2D eigenvalue weighted by molar-refractivity contribution is -0.133. The van der Waals surface area contributed by atoms with Crippen molar-refractivity contribution in [3.05, 3.63) is 30.1 Å². The van der Waals surface area contributed by atoms with Crippen LogP contribution in [-0.4, -0.2) is 34.3 Å². The summed E-state index contributed by atoms with van der Waals surface area (Å²) in [6, 6.07) is 5.80. The molecule has 1 aliphatic rings. The number of nitrogens with zero attached hydrogens (tertiary/aromatic N) is 2. The lowest BCUT2D eigenvalue weighted by atomic mass is 10.2. The highest BCUT2D eigenvalue weighted by Gasteiger charge is 2.38. The van der Waals surface area contributed by atoms with Gasteiger partial charge in [-0.15, -0.1) is 0 Å². The Balaban J connectivity index is 1.80. The van der Waals surface area contributed by atoms with Crippen molar-refractivity contribution in [2.45, 2.75) is 46.2 Å². The van der Waals surface area contributed by atoms with Crippen molar-refractivity contribution in [3.8, 4) is 0 Å². The molecule has 22 heavy (non-hydrogen) atoms. The van der Waals surface area contributed by atoms with Gasteiger partial charge in [-0.25, -0.2) is 0 Å². The summed E-state index contributed by atoms with van der Waals surface area (Å²) >= 11 is 0. The summed E-state index contributed by atoms with van der Waals surface area (Å²) in [7, 11) is 0. The molecule has 120 valence electrons. The molecule has 1 fully saturated rings. The molecular weight excluding hydrogens is 278 g/mol. The minimum Gasteiger partial charge on any atom is -0.355 e. The molecule has 5 heteroatoms. The van der Waals surface area contributed by atoms with Gasteiger partial charge in [-0.1, -0.05) is 13.0 Å². The zero-order valence-corrected chi connectivity index (χ0v) is 13.6. The van der Waals surface area contributed by atoms with Crippen molar-refractivity contribution < 1.29 is 9.59 Å². The summed E-state index contributed by atoms with van der Waals surface area (Å²) in [5, 5.41) is 2.86. The Hall–Kier alpha value is -1.91. The lowest BCUT2D eigenvalue weighted by Gasteiger charge is -2.26. The number of carbonyl (C=O) groups excluding carboxylic acids is 2. The Labute approximate surface area is 132 Å². The zero-order valence-electron chi connectivity index (χ0n) is 13.6. The average molecular weight is 303 g/mol. The summed E-state index contributed by atoms with van der Waals surface area (Å²) in [5.41, 5.74) is 0.875. The first kappa shape index (κ1) is 16.5. The maximum Gasteiger partial charge on any atom is 0.224 e. The fourth-order valence-corrected chi connectivity index (χ4v) is 2.48. The van der Waals surface area contributed by atoms with Crippen LogP contribution in [0, 0.1) is 11.8 Å². The maximum absolute atomic E-state index is 12.4. The number of rotatable bonds is 7. The average Bonchev–Trinajstić information content (AvgIpc) is 3.22. The van der Waals surface area contributed by atoms with Gasteiger partial charge in [0.15, 0.2) is 0 Å². The van der Waals surface area contributed by atoms with Crippen molar-refractivity contribution in [2.24, 2.45) is 11.8 Å². The molecule has 0 spiro atoms. The first-order valence-corrected chi connectivity index (χ1v) is 7.96. The molecule has 1 aliphatic carbocycles. The van der Waals surface area contributed by atoms with Crippen LogP contribution in [0.2, 0.25) is 0 Å². The second-order valence-electron chi connectivity index (χ2n) is 6.30. The van der Waals surface area contributed by atoms with Gasteiger partial charge in [-0.3, -0.25) is 14.6 Å². The Morgan fingerprint density at radius 1 is 1.41 bits per heavy atom. The first-order valence-electron chi connectivity index (χ1n) is 7.96. The van der Waals surface area contributed by atoms with Crippen LogP contribution in [0.3, 0.4) is 0 Å². The number of aromatic nitrogens is 1. The normalized spacial score (nSPS) is 19.8. The highest BCUT2D eigenvalue weighted by molar-refractivity contribution is 5.82. The molecule has 2 amide bonds. The number of hydrogen-bond acceptors (Lipinski definition) is 3. The van der Waals surface area contributed by atoms with Crippen LogP contribution >= 0.6 is 0 Å². The Kier molecular flexibility index (Phi) is 5.52. The summed E-state index contributed by atoms with van der Waals surface area (Å²) in [6.07, 6.45) is 3.03. The van der Waals surface area contributed by atoms with Crippen LogP contribution in [-0.2, 0) is 16.1 Å². The van der Waals surface area contributed by atoms with Gasteiger partial charge in [0.2, 0.25) is 11.8 Å². The second-order valence-corrected chi connectivity index (χ2v) is 6.30. The molecule has 1 heterocycles. The summed E-state index contributed by atoms with van der Waals surface area (Å²) < 4.78 is 0. The fourth-order valence-electron chi connectivity index (χ4n) is 2.48. The number of amides is 2. The topological polar surface area (TPSA) is 62.3 Å². The second kappa shape index (κ2) is 7.38. The quantitative estimate of drug-likeness (QED) is 0.838. The maximum atomic E-state index is 12.4. The third-order valence-electron chi connectivity index (χ3n) is 4.09. The van der Waals surface area contributed by atoms with E-state index in [-0.39, 0.29) is 23.8 Å². The van der Waals surface area contributed by atoms with Gasteiger partial charge in [0.05, 0.1) is 12.2 Å². The number of carbonyl (C=O) groups is 2. The van der Waals surface area contributed by atoms with Crippen molar-refractivity contribution in [2.75, 3.05) is 6.54 Å². The van der Waals surface area contributed by atoms with Crippen molar-refractivity contribution in [1.29, 1.82) is 0 Å². The Morgan fingerprint density at radius 2 is 2.14 bits per heavy atom. The lowest BCUT2D eigenvalue weighted by Crippen LogP contribution is -2.39. The highest BCUT2D eigenvalue weighted by atomic mass is 16.2. The van der Waals surface area contributed by atoms with Gasteiger partial charge >= 0.3 is 0 Å². The number of hydrogen-bond donors (Lipinski definition) is 1. The molecule has 0 aliphatic heterocycles. The SMILES string of the molecule is CC(C)N(Cc1ccccn1)C(=O)CCNC(=O)[C@H]1C[C@H]1C. The van der Waals surface area contributed by atoms with E-state index < -0.39 is 0 Å². The van der Waals surface area contributed by atoms with E-state index in [1.807, 2.05) is 32.0 Å². The van der Waals surface area contributed by atoms with Crippen LogP contribution in [0.25, 0.3) is 0 Å². The molecule has 1 aromatic rings. The van der Waals surface area contributed by atoms with Crippen LogP contribution < -0.4 is 5.32 Å². The van der Waals surface area contributed by atoms with E-state index >= 15 is 0 Å². The van der Waals surface area contributed by atoms with Gasteiger partial charge in [-0.2, -0.15) is 0 Å².